The summed E-state index contributed by atoms with van der Waals surface area (Å²) in [4.78, 5) is 43.9. The maximum absolute atomic E-state index is 12.9. The standard InChI is InChI=1S/C23H20ClN3O3S2/c24-13-5-7-14(8-6-13)25-20(28)12-31-23-26-18-10-9-15(11-19(18)32-23)27-21(29)16-3-1-2-4-17(16)22(27)30/h5-11,16-17H,1-4,12H2,(H,25,28)/t16-,17+. The van der Waals surface area contributed by atoms with Crippen molar-refractivity contribution in [3.63, 3.8) is 0 Å². The molecule has 1 aliphatic carbocycles. The van der Waals surface area contributed by atoms with Gasteiger partial charge < -0.3 is 5.32 Å². The van der Waals surface area contributed by atoms with Gasteiger partial charge in [-0.2, -0.15) is 0 Å². The largest absolute Gasteiger partial charge is 0.325 e. The van der Waals surface area contributed by atoms with Gasteiger partial charge in [-0.05, 0) is 55.3 Å². The summed E-state index contributed by atoms with van der Waals surface area (Å²) in [6, 6.07) is 12.4. The minimum atomic E-state index is -0.168. The monoisotopic (exact) mass is 485 g/mol. The van der Waals surface area contributed by atoms with Crippen LogP contribution in [-0.2, 0) is 14.4 Å². The fraction of sp³-hybridized carbons (Fsp3) is 0.304. The van der Waals surface area contributed by atoms with Crippen LogP contribution < -0.4 is 10.2 Å². The number of hydrogen-bond donors (Lipinski definition) is 1. The Hall–Kier alpha value is -2.42. The van der Waals surface area contributed by atoms with Crippen LogP contribution in [0, 0.1) is 11.8 Å². The van der Waals surface area contributed by atoms with Crippen molar-refractivity contribution in [2.45, 2.75) is 30.0 Å². The molecule has 0 radical (unpaired) electrons. The second-order valence-corrected chi connectivity index (χ2v) is 10.7. The number of amides is 3. The summed E-state index contributed by atoms with van der Waals surface area (Å²) in [6.07, 6.45) is 3.61. The zero-order chi connectivity index (χ0) is 22.2. The van der Waals surface area contributed by atoms with Gasteiger partial charge in [-0.15, -0.1) is 11.3 Å². The third-order valence-corrected chi connectivity index (χ3v) is 8.32. The highest BCUT2D eigenvalue weighted by Crippen LogP contribution is 2.41. The summed E-state index contributed by atoms with van der Waals surface area (Å²) in [7, 11) is 0. The molecule has 6 nitrogen and oxygen atoms in total. The second kappa shape index (κ2) is 8.84. The molecule has 2 heterocycles. The number of nitrogens with zero attached hydrogens (tertiary/aromatic N) is 2. The van der Waals surface area contributed by atoms with E-state index >= 15 is 0 Å². The number of aromatic nitrogens is 1. The topological polar surface area (TPSA) is 79.4 Å². The van der Waals surface area contributed by atoms with E-state index in [9.17, 15) is 14.4 Å². The number of thioether (sulfide) groups is 1. The molecule has 2 aliphatic rings. The molecule has 0 bridgehead atoms. The molecule has 3 amide bonds. The molecule has 0 unspecified atom stereocenters. The van der Waals surface area contributed by atoms with Gasteiger partial charge >= 0.3 is 0 Å². The fourth-order valence-electron chi connectivity index (χ4n) is 4.37. The smallest absolute Gasteiger partial charge is 0.237 e. The first-order valence-corrected chi connectivity index (χ1v) is 12.6. The van der Waals surface area contributed by atoms with Crippen LogP contribution in [0.4, 0.5) is 11.4 Å². The van der Waals surface area contributed by atoms with Crippen molar-refractivity contribution in [1.82, 2.24) is 4.98 Å². The van der Waals surface area contributed by atoms with Crippen molar-refractivity contribution in [3.05, 3.63) is 47.5 Å². The molecule has 2 aromatic carbocycles. The maximum Gasteiger partial charge on any atom is 0.237 e. The highest BCUT2D eigenvalue weighted by molar-refractivity contribution is 8.01. The van der Waals surface area contributed by atoms with Crippen LogP contribution >= 0.6 is 34.7 Å². The third-order valence-electron chi connectivity index (χ3n) is 5.91. The first-order valence-electron chi connectivity index (χ1n) is 10.5. The van der Waals surface area contributed by atoms with E-state index < -0.39 is 0 Å². The number of imide groups is 1. The van der Waals surface area contributed by atoms with E-state index in [1.807, 2.05) is 12.1 Å². The predicted molar refractivity (Wildman–Crippen MR) is 128 cm³/mol. The van der Waals surface area contributed by atoms with Crippen molar-refractivity contribution in [1.29, 1.82) is 0 Å². The number of anilines is 2. The summed E-state index contributed by atoms with van der Waals surface area (Å²) >= 11 is 8.67. The zero-order valence-corrected chi connectivity index (χ0v) is 19.4. The molecule has 5 rings (SSSR count). The van der Waals surface area contributed by atoms with E-state index in [4.69, 9.17) is 11.6 Å². The Morgan fingerprint density at radius 3 is 2.47 bits per heavy atom. The van der Waals surface area contributed by atoms with E-state index in [-0.39, 0.29) is 35.3 Å². The highest BCUT2D eigenvalue weighted by Gasteiger charge is 2.48. The van der Waals surface area contributed by atoms with Gasteiger partial charge in [0.05, 0.1) is 33.5 Å². The Morgan fingerprint density at radius 2 is 1.78 bits per heavy atom. The molecule has 1 saturated carbocycles. The molecule has 1 saturated heterocycles. The summed E-state index contributed by atoms with van der Waals surface area (Å²) < 4.78 is 1.65. The van der Waals surface area contributed by atoms with Gasteiger partial charge in [0.1, 0.15) is 0 Å². The van der Waals surface area contributed by atoms with Gasteiger partial charge in [0.25, 0.3) is 0 Å². The van der Waals surface area contributed by atoms with Crippen molar-refractivity contribution in [2.75, 3.05) is 16.0 Å². The van der Waals surface area contributed by atoms with Gasteiger partial charge in [-0.25, -0.2) is 4.98 Å². The average Bonchev–Trinajstić information content (AvgIpc) is 3.32. The van der Waals surface area contributed by atoms with Gasteiger partial charge in [0.15, 0.2) is 4.34 Å². The molecule has 164 valence electrons. The quantitative estimate of drug-likeness (QED) is 0.388. The Kier molecular flexibility index (Phi) is 5.92. The molecule has 1 aliphatic heterocycles. The summed E-state index contributed by atoms with van der Waals surface area (Å²) in [6.45, 7) is 0. The van der Waals surface area contributed by atoms with Crippen LogP contribution in [0.5, 0.6) is 0 Å². The summed E-state index contributed by atoms with van der Waals surface area (Å²) in [5.74, 6) is -0.388. The number of benzene rings is 2. The number of carbonyl (C=O) groups is 3. The molecule has 2 fully saturated rings. The third kappa shape index (κ3) is 4.14. The Balaban J connectivity index is 1.28. The first-order chi connectivity index (χ1) is 15.5. The number of nitrogens with one attached hydrogen (secondary N) is 1. The zero-order valence-electron chi connectivity index (χ0n) is 17.0. The Morgan fingerprint density at radius 1 is 1.09 bits per heavy atom. The SMILES string of the molecule is O=C(CSc1nc2ccc(N3C(=O)[C@H]4CCCC[C@H]4C3=O)cc2s1)Nc1ccc(Cl)cc1. The number of fused-ring (bicyclic) bond motifs is 2. The van der Waals surface area contributed by atoms with E-state index in [0.717, 1.165) is 40.2 Å². The molecule has 0 spiro atoms. The lowest BCUT2D eigenvalue weighted by molar-refractivity contribution is -0.122. The van der Waals surface area contributed by atoms with Gasteiger partial charge in [0.2, 0.25) is 17.7 Å². The maximum atomic E-state index is 12.9. The fourth-order valence-corrected chi connectivity index (χ4v) is 6.39. The Bertz CT molecular complexity index is 1190. The van der Waals surface area contributed by atoms with Gasteiger partial charge in [-0.3, -0.25) is 19.3 Å². The molecular formula is C23H20ClN3O3S2. The average molecular weight is 486 g/mol. The van der Waals surface area contributed by atoms with E-state index in [1.165, 1.54) is 28.0 Å². The van der Waals surface area contributed by atoms with E-state index in [0.29, 0.717) is 16.4 Å². The van der Waals surface area contributed by atoms with Crippen molar-refractivity contribution in [2.24, 2.45) is 11.8 Å². The molecular weight excluding hydrogens is 466 g/mol. The molecule has 1 aromatic heterocycles. The molecule has 2 atom stereocenters. The van der Waals surface area contributed by atoms with E-state index in [2.05, 4.69) is 10.3 Å². The minimum Gasteiger partial charge on any atom is -0.325 e. The van der Waals surface area contributed by atoms with Crippen LogP contribution in [0.15, 0.2) is 46.8 Å². The van der Waals surface area contributed by atoms with Crippen LogP contribution in [0.25, 0.3) is 10.2 Å². The summed E-state index contributed by atoms with van der Waals surface area (Å²) in [5.41, 5.74) is 2.09. The minimum absolute atomic E-state index is 0.0722. The van der Waals surface area contributed by atoms with Crippen LogP contribution in [-0.4, -0.2) is 28.5 Å². The first kappa shape index (κ1) is 21.4. The molecule has 3 aromatic rings. The van der Waals surface area contributed by atoms with Gasteiger partial charge in [0, 0.05) is 10.7 Å². The van der Waals surface area contributed by atoms with Crippen LogP contribution in [0.1, 0.15) is 25.7 Å². The normalized spacial score (nSPS) is 20.6. The number of thiazole rings is 1. The number of halogens is 1. The Labute approximate surface area is 198 Å². The van der Waals surface area contributed by atoms with Crippen molar-refractivity contribution < 1.29 is 14.4 Å². The lowest BCUT2D eigenvalue weighted by Crippen LogP contribution is -2.30. The number of rotatable bonds is 5. The van der Waals surface area contributed by atoms with Crippen molar-refractivity contribution >= 4 is 74.0 Å². The molecule has 1 N–H and O–H groups in total. The molecule has 9 heteroatoms. The van der Waals surface area contributed by atoms with E-state index in [1.54, 1.807) is 30.3 Å². The van der Waals surface area contributed by atoms with Crippen LogP contribution in [0.3, 0.4) is 0 Å². The molecule has 32 heavy (non-hydrogen) atoms. The van der Waals surface area contributed by atoms with Gasteiger partial charge in [-0.1, -0.05) is 36.2 Å². The predicted octanol–water partition coefficient (Wildman–Crippen LogP) is 5.36. The van der Waals surface area contributed by atoms with Crippen molar-refractivity contribution in [3.8, 4) is 0 Å². The summed E-state index contributed by atoms with van der Waals surface area (Å²) in [5, 5.41) is 3.44. The number of hydrogen-bond acceptors (Lipinski definition) is 6. The second-order valence-electron chi connectivity index (χ2n) is 7.98. The number of carbonyl (C=O) groups excluding carboxylic acids is 3. The highest BCUT2D eigenvalue weighted by atomic mass is 35.5. The van der Waals surface area contributed by atoms with Crippen LogP contribution in [0.2, 0.25) is 5.02 Å². The lowest BCUT2D eigenvalue weighted by Gasteiger charge is -2.19. The lowest BCUT2D eigenvalue weighted by atomic mass is 9.81.